The smallest absolute Gasteiger partial charge is 0.0917 e. The second-order valence-corrected chi connectivity index (χ2v) is 6.90. The molecule has 0 spiro atoms. The molecule has 0 bridgehead atoms. The number of ether oxygens (including phenoxy) is 1. The predicted molar refractivity (Wildman–Crippen MR) is 82.6 cm³/mol. The molecule has 1 saturated heterocycles. The van der Waals surface area contributed by atoms with Crippen LogP contribution < -0.4 is 0 Å². The average Bonchev–Trinajstić information content (AvgIpc) is 3.17. The lowest BCUT2D eigenvalue weighted by Gasteiger charge is -2.27. The third-order valence-corrected chi connectivity index (χ3v) is 4.77. The fourth-order valence-corrected chi connectivity index (χ4v) is 3.15. The number of hydrogen-bond donors (Lipinski definition) is 1. The minimum atomic E-state index is -0.397. The van der Waals surface area contributed by atoms with E-state index >= 15 is 0 Å². The van der Waals surface area contributed by atoms with Crippen LogP contribution in [0.15, 0.2) is 28.7 Å². The van der Waals surface area contributed by atoms with Gasteiger partial charge in [0.15, 0.2) is 0 Å². The molecule has 2 aliphatic rings. The Balaban J connectivity index is 1.59. The van der Waals surface area contributed by atoms with Gasteiger partial charge < -0.3 is 9.84 Å². The van der Waals surface area contributed by atoms with E-state index in [2.05, 4.69) is 20.8 Å². The molecule has 2 fully saturated rings. The number of aliphatic hydroxyl groups excluding tert-OH is 1. The van der Waals surface area contributed by atoms with Crippen molar-refractivity contribution >= 4 is 15.9 Å². The van der Waals surface area contributed by atoms with Crippen molar-refractivity contribution in [1.82, 2.24) is 4.90 Å². The van der Waals surface area contributed by atoms with Crippen molar-refractivity contribution < 1.29 is 9.84 Å². The lowest BCUT2D eigenvalue weighted by Crippen LogP contribution is -2.35. The summed E-state index contributed by atoms with van der Waals surface area (Å²) in [4.78, 5) is 2.46. The highest BCUT2D eigenvalue weighted by molar-refractivity contribution is 9.10. The summed E-state index contributed by atoms with van der Waals surface area (Å²) in [5, 5.41) is 10.4. The Morgan fingerprint density at radius 2 is 2.00 bits per heavy atom. The Labute approximate surface area is 129 Å². The molecule has 3 nitrogen and oxygen atoms in total. The van der Waals surface area contributed by atoms with E-state index in [-0.39, 0.29) is 0 Å². The van der Waals surface area contributed by atoms with Crippen LogP contribution in [0.25, 0.3) is 0 Å². The van der Waals surface area contributed by atoms with Gasteiger partial charge in [-0.2, -0.15) is 0 Å². The molecule has 20 heavy (non-hydrogen) atoms. The molecule has 1 N–H and O–H groups in total. The quantitative estimate of drug-likeness (QED) is 0.864. The largest absolute Gasteiger partial charge is 0.387 e. The molecule has 0 radical (unpaired) electrons. The van der Waals surface area contributed by atoms with Crippen LogP contribution in [0.3, 0.4) is 0 Å². The van der Waals surface area contributed by atoms with E-state index in [9.17, 15) is 5.11 Å². The van der Waals surface area contributed by atoms with Crippen LogP contribution in [-0.2, 0) is 4.74 Å². The summed E-state index contributed by atoms with van der Waals surface area (Å²) in [6, 6.07) is 8.66. The van der Waals surface area contributed by atoms with E-state index in [1.54, 1.807) is 0 Å². The summed E-state index contributed by atoms with van der Waals surface area (Å²) in [5.74, 6) is 0.646. The first-order valence-electron chi connectivity index (χ1n) is 7.47. The van der Waals surface area contributed by atoms with Gasteiger partial charge in [-0.15, -0.1) is 0 Å². The van der Waals surface area contributed by atoms with E-state index < -0.39 is 6.10 Å². The van der Waals surface area contributed by atoms with E-state index in [0.29, 0.717) is 12.0 Å². The van der Waals surface area contributed by atoms with Gasteiger partial charge in [-0.1, -0.05) is 28.1 Å². The lowest BCUT2D eigenvalue weighted by molar-refractivity contribution is 0.0940. The highest BCUT2D eigenvalue weighted by Crippen LogP contribution is 2.31. The summed E-state index contributed by atoms with van der Waals surface area (Å²) in [7, 11) is 0. The van der Waals surface area contributed by atoms with Crippen molar-refractivity contribution in [3.05, 3.63) is 34.3 Å². The molecular weight excluding hydrogens is 318 g/mol. The van der Waals surface area contributed by atoms with Gasteiger partial charge in [0, 0.05) is 30.2 Å². The van der Waals surface area contributed by atoms with Gasteiger partial charge in [0.05, 0.1) is 12.7 Å². The van der Waals surface area contributed by atoms with Crippen LogP contribution in [-0.4, -0.2) is 42.4 Å². The zero-order valence-corrected chi connectivity index (χ0v) is 13.3. The first kappa shape index (κ1) is 14.5. The molecule has 1 aliphatic carbocycles. The molecule has 1 aliphatic heterocycles. The molecule has 1 saturated carbocycles. The standard InChI is InChI=1S/C16H22BrNO2/c17-14-3-1-13(2-4-14)16(19)10-18(15-5-6-15)9-12-7-8-20-11-12/h1-4,12,15-16,19H,5-11H2/t12-,16+/m0/s1. The van der Waals surface area contributed by atoms with Crippen molar-refractivity contribution in [2.75, 3.05) is 26.3 Å². The highest BCUT2D eigenvalue weighted by Gasteiger charge is 2.32. The number of hydrogen-bond acceptors (Lipinski definition) is 3. The van der Waals surface area contributed by atoms with Crippen LogP contribution in [0.5, 0.6) is 0 Å². The summed E-state index contributed by atoms with van der Waals surface area (Å²) in [5.41, 5.74) is 1.00. The molecular formula is C16H22BrNO2. The maximum absolute atomic E-state index is 10.4. The summed E-state index contributed by atoms with van der Waals surface area (Å²) >= 11 is 3.43. The topological polar surface area (TPSA) is 32.7 Å². The molecule has 1 heterocycles. The molecule has 3 rings (SSSR count). The van der Waals surface area contributed by atoms with E-state index in [1.165, 1.54) is 12.8 Å². The lowest BCUT2D eigenvalue weighted by atomic mass is 10.1. The number of halogens is 1. The van der Waals surface area contributed by atoms with Crippen molar-refractivity contribution in [1.29, 1.82) is 0 Å². The first-order chi connectivity index (χ1) is 9.72. The molecule has 1 aromatic rings. The van der Waals surface area contributed by atoms with Gasteiger partial charge >= 0.3 is 0 Å². The van der Waals surface area contributed by atoms with Crippen LogP contribution in [0, 0.1) is 5.92 Å². The fraction of sp³-hybridized carbons (Fsp3) is 0.625. The zero-order chi connectivity index (χ0) is 13.9. The minimum Gasteiger partial charge on any atom is -0.387 e. The summed E-state index contributed by atoms with van der Waals surface area (Å²) in [6.45, 7) is 3.59. The number of nitrogens with zero attached hydrogens (tertiary/aromatic N) is 1. The number of rotatable bonds is 6. The molecule has 0 amide bonds. The first-order valence-corrected chi connectivity index (χ1v) is 8.27. The predicted octanol–water partition coefficient (Wildman–Crippen LogP) is 2.98. The molecule has 4 heteroatoms. The van der Waals surface area contributed by atoms with Crippen LogP contribution >= 0.6 is 15.9 Å². The van der Waals surface area contributed by atoms with Gasteiger partial charge in [0.2, 0.25) is 0 Å². The Morgan fingerprint density at radius 3 is 2.60 bits per heavy atom. The van der Waals surface area contributed by atoms with Crippen molar-refractivity contribution in [3.8, 4) is 0 Å². The molecule has 0 aromatic heterocycles. The normalized spacial score (nSPS) is 24.2. The average molecular weight is 340 g/mol. The second kappa shape index (κ2) is 6.56. The van der Waals surface area contributed by atoms with E-state index in [4.69, 9.17) is 4.74 Å². The monoisotopic (exact) mass is 339 g/mol. The highest BCUT2D eigenvalue weighted by atomic mass is 79.9. The Morgan fingerprint density at radius 1 is 1.25 bits per heavy atom. The van der Waals surface area contributed by atoms with Gasteiger partial charge in [-0.05, 0) is 42.9 Å². The number of aliphatic hydroxyl groups is 1. The second-order valence-electron chi connectivity index (χ2n) is 5.98. The van der Waals surface area contributed by atoms with Gasteiger partial charge in [-0.25, -0.2) is 0 Å². The van der Waals surface area contributed by atoms with E-state index in [0.717, 1.165) is 42.8 Å². The van der Waals surface area contributed by atoms with Crippen molar-refractivity contribution in [2.45, 2.75) is 31.4 Å². The Bertz CT molecular complexity index is 427. The van der Waals surface area contributed by atoms with E-state index in [1.807, 2.05) is 24.3 Å². The molecule has 2 atom stereocenters. The third kappa shape index (κ3) is 3.82. The van der Waals surface area contributed by atoms with Crippen molar-refractivity contribution in [3.63, 3.8) is 0 Å². The Kier molecular flexibility index (Phi) is 4.76. The zero-order valence-electron chi connectivity index (χ0n) is 11.7. The summed E-state index contributed by atoms with van der Waals surface area (Å²) in [6.07, 6.45) is 3.32. The molecule has 110 valence electrons. The van der Waals surface area contributed by atoms with Gasteiger partial charge in [0.25, 0.3) is 0 Å². The molecule has 0 unspecified atom stereocenters. The van der Waals surface area contributed by atoms with Crippen molar-refractivity contribution in [2.24, 2.45) is 5.92 Å². The fourth-order valence-electron chi connectivity index (χ4n) is 2.88. The van der Waals surface area contributed by atoms with Gasteiger partial charge in [-0.3, -0.25) is 4.90 Å². The van der Waals surface area contributed by atoms with Crippen LogP contribution in [0.1, 0.15) is 30.9 Å². The Hall–Kier alpha value is -0.420. The van der Waals surface area contributed by atoms with Gasteiger partial charge in [0.1, 0.15) is 0 Å². The number of benzene rings is 1. The minimum absolute atomic E-state index is 0.397. The maximum Gasteiger partial charge on any atom is 0.0917 e. The summed E-state index contributed by atoms with van der Waals surface area (Å²) < 4.78 is 6.52. The van der Waals surface area contributed by atoms with Crippen LogP contribution in [0.4, 0.5) is 0 Å². The third-order valence-electron chi connectivity index (χ3n) is 4.24. The SMILES string of the molecule is O[C@H](CN(C[C@@H]1CCOC1)C1CC1)c1ccc(Br)cc1. The van der Waals surface area contributed by atoms with Crippen LogP contribution in [0.2, 0.25) is 0 Å². The molecule has 1 aromatic carbocycles. The maximum atomic E-state index is 10.4.